The number of rotatable bonds is 7. The van der Waals surface area contributed by atoms with Gasteiger partial charge >= 0.3 is 5.97 Å². The van der Waals surface area contributed by atoms with E-state index in [2.05, 4.69) is 12.2 Å². The molecule has 0 saturated heterocycles. The highest BCUT2D eigenvalue weighted by atomic mass is 16.4. The van der Waals surface area contributed by atoms with E-state index in [4.69, 9.17) is 5.11 Å². The van der Waals surface area contributed by atoms with E-state index in [1.807, 2.05) is 0 Å². The predicted octanol–water partition coefficient (Wildman–Crippen LogP) is 2.66. The van der Waals surface area contributed by atoms with Crippen LogP contribution in [0.4, 0.5) is 0 Å². The molecule has 0 heterocycles. The molecule has 0 aromatic rings. The summed E-state index contributed by atoms with van der Waals surface area (Å²) in [5.41, 5.74) is 0. The minimum absolute atomic E-state index is 0.287. The lowest BCUT2D eigenvalue weighted by atomic mass is 9.81. The summed E-state index contributed by atoms with van der Waals surface area (Å²) in [7, 11) is 0. The Bertz CT molecular complexity index is 198. The van der Waals surface area contributed by atoms with Crippen molar-refractivity contribution in [2.45, 2.75) is 51.9 Å². The summed E-state index contributed by atoms with van der Waals surface area (Å²) in [6, 6.07) is 0. The summed E-state index contributed by atoms with van der Waals surface area (Å²) in [4.78, 5) is 10.3. The lowest BCUT2D eigenvalue weighted by Gasteiger charge is -2.27. The molecule has 0 bridgehead atoms. The van der Waals surface area contributed by atoms with Crippen LogP contribution in [-0.4, -0.2) is 24.2 Å². The van der Waals surface area contributed by atoms with E-state index in [0.29, 0.717) is 0 Å². The highest BCUT2D eigenvalue weighted by molar-refractivity contribution is 5.66. The highest BCUT2D eigenvalue weighted by Crippen LogP contribution is 2.29. The van der Waals surface area contributed by atoms with Crippen LogP contribution in [-0.2, 0) is 4.79 Å². The number of hydrogen-bond acceptors (Lipinski definition) is 2. The SMILES string of the molecule is CCC1CCC(CNCCCC(=O)O)CC1. The van der Waals surface area contributed by atoms with E-state index in [1.54, 1.807) is 0 Å². The van der Waals surface area contributed by atoms with Gasteiger partial charge in [-0.3, -0.25) is 4.79 Å². The first kappa shape index (κ1) is 13.5. The molecule has 3 nitrogen and oxygen atoms in total. The minimum atomic E-state index is -0.690. The third kappa shape index (κ3) is 5.50. The molecule has 0 unspecified atom stereocenters. The molecule has 0 aromatic heterocycles. The fourth-order valence-electron chi connectivity index (χ4n) is 2.51. The van der Waals surface area contributed by atoms with Gasteiger partial charge in [0.1, 0.15) is 0 Å². The van der Waals surface area contributed by atoms with Gasteiger partial charge in [-0.1, -0.05) is 26.2 Å². The molecule has 0 atom stereocenters. The summed E-state index contributed by atoms with van der Waals surface area (Å²) < 4.78 is 0. The van der Waals surface area contributed by atoms with Gasteiger partial charge in [0.25, 0.3) is 0 Å². The average Bonchev–Trinajstić information content (AvgIpc) is 2.29. The normalized spacial score (nSPS) is 25.6. The van der Waals surface area contributed by atoms with Crippen LogP contribution in [0, 0.1) is 11.8 Å². The molecule has 0 aliphatic heterocycles. The zero-order valence-corrected chi connectivity index (χ0v) is 10.4. The molecule has 1 rings (SSSR count). The molecule has 16 heavy (non-hydrogen) atoms. The Hall–Kier alpha value is -0.570. The van der Waals surface area contributed by atoms with Gasteiger partial charge in [-0.15, -0.1) is 0 Å². The lowest BCUT2D eigenvalue weighted by Crippen LogP contribution is -2.27. The summed E-state index contributed by atoms with van der Waals surface area (Å²) in [5, 5.41) is 11.9. The maximum atomic E-state index is 10.3. The van der Waals surface area contributed by atoms with Gasteiger partial charge in [-0.05, 0) is 44.2 Å². The van der Waals surface area contributed by atoms with Gasteiger partial charge in [0, 0.05) is 6.42 Å². The number of nitrogens with one attached hydrogen (secondary N) is 1. The van der Waals surface area contributed by atoms with E-state index in [9.17, 15) is 4.79 Å². The third-order valence-corrected chi connectivity index (χ3v) is 3.72. The summed E-state index contributed by atoms with van der Waals surface area (Å²) >= 11 is 0. The molecule has 0 amide bonds. The predicted molar refractivity (Wildman–Crippen MR) is 65.5 cm³/mol. The van der Waals surface area contributed by atoms with Crippen LogP contribution in [0.1, 0.15) is 51.9 Å². The Balaban J connectivity index is 1.96. The maximum absolute atomic E-state index is 10.3. The van der Waals surface area contributed by atoms with Crippen molar-refractivity contribution in [3.8, 4) is 0 Å². The standard InChI is InChI=1S/C13H25NO2/c1-2-11-5-7-12(8-6-11)10-14-9-3-4-13(15)16/h11-12,14H,2-10H2,1H3,(H,15,16). The molecule has 1 saturated carbocycles. The van der Waals surface area contributed by atoms with Gasteiger partial charge in [-0.25, -0.2) is 0 Å². The quantitative estimate of drug-likeness (QED) is 0.657. The number of aliphatic carboxylic acids is 1. The molecule has 0 spiro atoms. The molecular formula is C13H25NO2. The van der Waals surface area contributed by atoms with E-state index in [0.717, 1.165) is 31.3 Å². The van der Waals surface area contributed by atoms with Crippen LogP contribution in [0.3, 0.4) is 0 Å². The average molecular weight is 227 g/mol. The minimum Gasteiger partial charge on any atom is -0.481 e. The summed E-state index contributed by atoms with van der Waals surface area (Å²) in [6.07, 6.45) is 7.85. The zero-order chi connectivity index (χ0) is 11.8. The Morgan fingerprint density at radius 3 is 2.44 bits per heavy atom. The van der Waals surface area contributed by atoms with E-state index >= 15 is 0 Å². The van der Waals surface area contributed by atoms with Crippen LogP contribution in [0.15, 0.2) is 0 Å². The monoisotopic (exact) mass is 227 g/mol. The van der Waals surface area contributed by atoms with E-state index in [1.165, 1.54) is 32.1 Å². The van der Waals surface area contributed by atoms with Gasteiger partial charge in [0.2, 0.25) is 0 Å². The molecule has 1 aliphatic rings. The van der Waals surface area contributed by atoms with Crippen molar-refractivity contribution in [1.29, 1.82) is 0 Å². The number of hydrogen-bond donors (Lipinski definition) is 2. The molecule has 2 N–H and O–H groups in total. The van der Waals surface area contributed by atoms with E-state index in [-0.39, 0.29) is 6.42 Å². The number of carbonyl (C=O) groups is 1. The van der Waals surface area contributed by atoms with Gasteiger partial charge in [0.15, 0.2) is 0 Å². The second kappa shape index (κ2) is 7.66. The summed E-state index contributed by atoms with van der Waals surface area (Å²) in [6.45, 7) is 4.21. The number of carboxylic acids is 1. The zero-order valence-electron chi connectivity index (χ0n) is 10.4. The van der Waals surface area contributed by atoms with Crippen molar-refractivity contribution in [3.05, 3.63) is 0 Å². The first-order chi connectivity index (χ1) is 7.72. The molecular weight excluding hydrogens is 202 g/mol. The fourth-order valence-corrected chi connectivity index (χ4v) is 2.51. The lowest BCUT2D eigenvalue weighted by molar-refractivity contribution is -0.137. The van der Waals surface area contributed by atoms with Gasteiger partial charge < -0.3 is 10.4 Å². The second-order valence-electron chi connectivity index (χ2n) is 5.00. The second-order valence-corrected chi connectivity index (χ2v) is 5.00. The Morgan fingerprint density at radius 1 is 1.25 bits per heavy atom. The van der Waals surface area contributed by atoms with Gasteiger partial charge in [0.05, 0.1) is 0 Å². The first-order valence-corrected chi connectivity index (χ1v) is 6.64. The van der Waals surface area contributed by atoms with Crippen molar-refractivity contribution in [2.75, 3.05) is 13.1 Å². The van der Waals surface area contributed by atoms with Crippen LogP contribution in [0.25, 0.3) is 0 Å². The van der Waals surface area contributed by atoms with Crippen molar-refractivity contribution in [2.24, 2.45) is 11.8 Å². The fraction of sp³-hybridized carbons (Fsp3) is 0.923. The van der Waals surface area contributed by atoms with Crippen LogP contribution in [0.2, 0.25) is 0 Å². The Morgan fingerprint density at radius 2 is 1.88 bits per heavy atom. The van der Waals surface area contributed by atoms with Crippen LogP contribution < -0.4 is 5.32 Å². The molecule has 0 radical (unpaired) electrons. The molecule has 0 aromatic carbocycles. The maximum Gasteiger partial charge on any atom is 0.303 e. The van der Waals surface area contributed by atoms with Crippen molar-refractivity contribution < 1.29 is 9.90 Å². The Labute approximate surface area is 98.6 Å². The van der Waals surface area contributed by atoms with Crippen molar-refractivity contribution >= 4 is 5.97 Å². The smallest absolute Gasteiger partial charge is 0.303 e. The van der Waals surface area contributed by atoms with Crippen LogP contribution >= 0.6 is 0 Å². The van der Waals surface area contributed by atoms with Crippen LogP contribution in [0.5, 0.6) is 0 Å². The molecule has 1 aliphatic carbocycles. The van der Waals surface area contributed by atoms with Gasteiger partial charge in [-0.2, -0.15) is 0 Å². The topological polar surface area (TPSA) is 49.3 Å². The molecule has 94 valence electrons. The number of carboxylic acid groups (broad SMARTS) is 1. The Kier molecular flexibility index (Phi) is 6.46. The third-order valence-electron chi connectivity index (χ3n) is 3.72. The first-order valence-electron chi connectivity index (χ1n) is 6.64. The van der Waals surface area contributed by atoms with E-state index < -0.39 is 5.97 Å². The summed E-state index contributed by atoms with van der Waals surface area (Å²) in [5.74, 6) is 1.10. The van der Waals surface area contributed by atoms with Crippen molar-refractivity contribution in [1.82, 2.24) is 5.32 Å². The molecule has 1 fully saturated rings. The van der Waals surface area contributed by atoms with Crippen molar-refractivity contribution in [3.63, 3.8) is 0 Å². The molecule has 3 heteroatoms. The highest BCUT2D eigenvalue weighted by Gasteiger charge is 2.19. The largest absolute Gasteiger partial charge is 0.481 e.